The van der Waals surface area contributed by atoms with Gasteiger partial charge in [0.2, 0.25) is 5.91 Å². The molecular formula is C66H125NO10. The molecule has 0 aliphatic carbocycles. The van der Waals surface area contributed by atoms with Crippen LogP contribution < -0.4 is 5.32 Å². The first-order valence-electron chi connectivity index (χ1n) is 32.9. The van der Waals surface area contributed by atoms with E-state index in [9.17, 15) is 40.5 Å². The Morgan fingerprint density at radius 3 is 1.16 bits per heavy atom. The number of nitrogens with one attached hydrogen (secondary N) is 1. The number of aliphatic hydroxyl groups is 7. The summed E-state index contributed by atoms with van der Waals surface area (Å²) in [6.07, 6.45) is 58.0. The van der Waals surface area contributed by atoms with Crippen molar-refractivity contribution in [1.29, 1.82) is 0 Å². The van der Waals surface area contributed by atoms with Crippen LogP contribution in [0.3, 0.4) is 0 Å². The Kier molecular flexibility index (Phi) is 52.3. The normalized spacial score (nSPS) is 19.7. The minimum atomic E-state index is -1.67. The lowest BCUT2D eigenvalue weighted by Gasteiger charge is -2.40. The molecule has 0 saturated carbocycles. The Balaban J connectivity index is 2.26. The lowest BCUT2D eigenvalue weighted by Crippen LogP contribution is -2.60. The van der Waals surface area contributed by atoms with Crippen molar-refractivity contribution in [3.05, 3.63) is 36.5 Å². The maximum Gasteiger partial charge on any atom is 0.249 e. The molecule has 1 heterocycles. The van der Waals surface area contributed by atoms with Crippen molar-refractivity contribution in [2.75, 3.05) is 13.2 Å². The highest BCUT2D eigenvalue weighted by Crippen LogP contribution is 2.24. The third-order valence-corrected chi connectivity index (χ3v) is 15.9. The summed E-state index contributed by atoms with van der Waals surface area (Å²) < 4.78 is 11.2. The van der Waals surface area contributed by atoms with Gasteiger partial charge in [-0.1, -0.05) is 281 Å². The van der Waals surface area contributed by atoms with Crippen LogP contribution in [0.5, 0.6) is 0 Å². The molecule has 0 aromatic heterocycles. The van der Waals surface area contributed by atoms with Crippen LogP contribution in [0.25, 0.3) is 0 Å². The fourth-order valence-electron chi connectivity index (χ4n) is 10.6. The first kappa shape index (κ1) is 73.3. The van der Waals surface area contributed by atoms with Gasteiger partial charge < -0.3 is 50.5 Å². The molecule has 1 saturated heterocycles. The molecule has 1 amide bonds. The third-order valence-electron chi connectivity index (χ3n) is 15.9. The second kappa shape index (κ2) is 54.9. The highest BCUT2D eigenvalue weighted by atomic mass is 16.7. The Labute approximate surface area is 473 Å². The van der Waals surface area contributed by atoms with Gasteiger partial charge in [-0.05, 0) is 64.2 Å². The Hall–Kier alpha value is -1.67. The van der Waals surface area contributed by atoms with Crippen LogP contribution in [0.1, 0.15) is 309 Å². The zero-order chi connectivity index (χ0) is 56.1. The van der Waals surface area contributed by atoms with E-state index in [1.165, 1.54) is 218 Å². The number of aliphatic hydroxyl groups excluding tert-OH is 7. The van der Waals surface area contributed by atoms with Crippen molar-refractivity contribution in [3.63, 3.8) is 0 Å². The Morgan fingerprint density at radius 2 is 0.779 bits per heavy atom. The molecule has 1 rings (SSSR count). The molecule has 11 heteroatoms. The zero-order valence-corrected chi connectivity index (χ0v) is 50.0. The average Bonchev–Trinajstić information content (AvgIpc) is 3.43. The van der Waals surface area contributed by atoms with Gasteiger partial charge in [0.1, 0.15) is 36.6 Å². The Bertz CT molecular complexity index is 1350. The minimum Gasteiger partial charge on any atom is -0.394 e. The van der Waals surface area contributed by atoms with Gasteiger partial charge in [-0.3, -0.25) is 4.79 Å². The highest BCUT2D eigenvalue weighted by molar-refractivity contribution is 5.80. The van der Waals surface area contributed by atoms with Gasteiger partial charge in [0.15, 0.2) is 6.29 Å². The summed E-state index contributed by atoms with van der Waals surface area (Å²) >= 11 is 0. The average molecular weight is 1090 g/mol. The smallest absolute Gasteiger partial charge is 0.249 e. The lowest BCUT2D eigenvalue weighted by molar-refractivity contribution is -0.303. The second-order valence-electron chi connectivity index (χ2n) is 23.2. The fraction of sp³-hybridized carbons (Fsp3) is 0.894. The molecule has 454 valence electrons. The molecule has 0 aromatic rings. The summed E-state index contributed by atoms with van der Waals surface area (Å²) in [5.41, 5.74) is 0. The van der Waals surface area contributed by atoms with E-state index >= 15 is 0 Å². The monoisotopic (exact) mass is 1090 g/mol. The number of hydrogen-bond acceptors (Lipinski definition) is 10. The van der Waals surface area contributed by atoms with Crippen molar-refractivity contribution in [2.45, 2.75) is 364 Å². The molecule has 1 aliphatic rings. The lowest BCUT2D eigenvalue weighted by atomic mass is 9.98. The van der Waals surface area contributed by atoms with Gasteiger partial charge in [-0.25, -0.2) is 0 Å². The largest absolute Gasteiger partial charge is 0.394 e. The second-order valence-corrected chi connectivity index (χ2v) is 23.2. The van der Waals surface area contributed by atoms with Gasteiger partial charge in [0.05, 0.1) is 25.4 Å². The molecule has 0 bridgehead atoms. The van der Waals surface area contributed by atoms with Gasteiger partial charge in [-0.2, -0.15) is 0 Å². The topological polar surface area (TPSA) is 189 Å². The molecule has 8 N–H and O–H groups in total. The van der Waals surface area contributed by atoms with E-state index in [0.717, 1.165) is 44.9 Å². The van der Waals surface area contributed by atoms with E-state index in [4.69, 9.17) is 9.47 Å². The molecule has 11 nitrogen and oxygen atoms in total. The van der Waals surface area contributed by atoms with Crippen LogP contribution in [-0.4, -0.2) is 110 Å². The van der Waals surface area contributed by atoms with E-state index < -0.39 is 74.2 Å². The van der Waals surface area contributed by atoms with Crippen LogP contribution in [-0.2, 0) is 14.3 Å². The van der Waals surface area contributed by atoms with Crippen LogP contribution in [0.4, 0.5) is 0 Å². The van der Waals surface area contributed by atoms with Crippen molar-refractivity contribution in [3.8, 4) is 0 Å². The number of hydrogen-bond donors (Lipinski definition) is 8. The predicted octanol–water partition coefficient (Wildman–Crippen LogP) is 15.0. The number of carbonyl (C=O) groups is 1. The summed E-state index contributed by atoms with van der Waals surface area (Å²) in [6.45, 7) is 3.48. The maximum atomic E-state index is 13.2. The number of unbranched alkanes of at least 4 members (excludes halogenated alkanes) is 39. The van der Waals surface area contributed by atoms with Crippen LogP contribution >= 0.6 is 0 Å². The van der Waals surface area contributed by atoms with E-state index in [-0.39, 0.29) is 12.8 Å². The standard InChI is InChI=1S/C66H125NO10/c1-3-5-7-9-11-13-15-17-19-21-23-24-25-26-27-28-29-30-31-32-33-34-36-37-39-41-43-45-47-49-51-53-58(69)61(71)57(56-76-66-64(74)63(73)62(72)60(55-68)77-66)67-65(75)59(70)54-52-50-48-46-44-42-40-38-35-22-20-18-16-14-12-10-8-6-4-2/h32-33,37,39,45,47,57-64,66,68-74H,3-31,34-36,38,40-44,46,48-56H2,1-2H3,(H,67,75)/b33-32+,39-37+,47-45+. The van der Waals surface area contributed by atoms with Gasteiger partial charge >= 0.3 is 0 Å². The van der Waals surface area contributed by atoms with E-state index in [2.05, 4.69) is 55.6 Å². The molecular weight excluding hydrogens is 967 g/mol. The van der Waals surface area contributed by atoms with E-state index in [1.807, 2.05) is 0 Å². The van der Waals surface area contributed by atoms with Crippen LogP contribution in [0, 0.1) is 0 Å². The summed E-state index contributed by atoms with van der Waals surface area (Å²) in [7, 11) is 0. The number of carbonyl (C=O) groups excluding carboxylic acids is 1. The van der Waals surface area contributed by atoms with Crippen molar-refractivity contribution in [1.82, 2.24) is 5.32 Å². The van der Waals surface area contributed by atoms with Gasteiger partial charge in [0.25, 0.3) is 0 Å². The molecule has 1 fully saturated rings. The molecule has 77 heavy (non-hydrogen) atoms. The van der Waals surface area contributed by atoms with E-state index in [0.29, 0.717) is 19.3 Å². The molecule has 0 aromatic carbocycles. The third kappa shape index (κ3) is 42.8. The Morgan fingerprint density at radius 1 is 0.442 bits per heavy atom. The molecule has 0 spiro atoms. The number of allylic oxidation sites excluding steroid dienone is 6. The maximum absolute atomic E-state index is 13.2. The minimum absolute atomic E-state index is 0.243. The molecule has 9 atom stereocenters. The van der Waals surface area contributed by atoms with Crippen LogP contribution in [0.15, 0.2) is 36.5 Å². The first-order valence-corrected chi connectivity index (χ1v) is 32.9. The summed E-state index contributed by atoms with van der Waals surface area (Å²) in [4.78, 5) is 13.2. The predicted molar refractivity (Wildman–Crippen MR) is 321 cm³/mol. The SMILES string of the molecule is CCCCCCCCCCCCCCCCCCCC/C=C/CC/C=C/CC/C=C/CCCC(O)C(O)C(COC1OC(CO)C(O)C(O)C1O)NC(=O)C(O)CCCCCCCCCCCCCCCCCCCCC. The highest BCUT2D eigenvalue weighted by Gasteiger charge is 2.44. The summed E-state index contributed by atoms with van der Waals surface area (Å²) in [5, 5.41) is 76.3. The quantitative estimate of drug-likeness (QED) is 0.0215. The fourth-order valence-corrected chi connectivity index (χ4v) is 10.6. The van der Waals surface area contributed by atoms with Crippen molar-refractivity contribution in [2.24, 2.45) is 0 Å². The van der Waals surface area contributed by atoms with Gasteiger partial charge in [0, 0.05) is 0 Å². The molecule has 1 aliphatic heterocycles. The van der Waals surface area contributed by atoms with Crippen molar-refractivity contribution < 1.29 is 50.0 Å². The molecule has 0 radical (unpaired) electrons. The van der Waals surface area contributed by atoms with Crippen molar-refractivity contribution >= 4 is 5.91 Å². The zero-order valence-electron chi connectivity index (χ0n) is 50.0. The van der Waals surface area contributed by atoms with Crippen LogP contribution in [0.2, 0.25) is 0 Å². The summed E-state index contributed by atoms with van der Waals surface area (Å²) in [5.74, 6) is -0.708. The molecule has 9 unspecified atom stereocenters. The summed E-state index contributed by atoms with van der Waals surface area (Å²) in [6, 6.07) is -1.19. The number of amides is 1. The number of ether oxygens (including phenoxy) is 2. The van der Waals surface area contributed by atoms with E-state index in [1.54, 1.807) is 0 Å². The van der Waals surface area contributed by atoms with Gasteiger partial charge in [-0.15, -0.1) is 0 Å². The first-order chi connectivity index (χ1) is 37.7. The number of rotatable bonds is 57.